The van der Waals surface area contributed by atoms with E-state index in [1.54, 1.807) is 0 Å². The maximum Gasteiger partial charge on any atom is 0.231 e. The van der Waals surface area contributed by atoms with E-state index < -0.39 is 0 Å². The Labute approximate surface area is 128 Å². The number of ether oxygens (including phenoxy) is 2. The molecule has 1 atom stereocenters. The predicted molar refractivity (Wildman–Crippen MR) is 82.2 cm³/mol. The zero-order chi connectivity index (χ0) is 13.9. The number of likely N-dealkylation sites (N-methyl/N-ethyl adjacent to an activating group) is 1. The van der Waals surface area contributed by atoms with Gasteiger partial charge in [-0.3, -0.25) is 0 Å². The molecule has 0 spiro atoms. The van der Waals surface area contributed by atoms with Crippen molar-refractivity contribution in [3.63, 3.8) is 0 Å². The fourth-order valence-corrected chi connectivity index (χ4v) is 3.50. The van der Waals surface area contributed by atoms with Gasteiger partial charge < -0.3 is 19.7 Å². The summed E-state index contributed by atoms with van der Waals surface area (Å²) in [6.07, 6.45) is 2.55. The zero-order valence-corrected chi connectivity index (χ0v) is 13.4. The van der Waals surface area contributed by atoms with Crippen LogP contribution in [0.3, 0.4) is 0 Å². The Morgan fingerprint density at radius 1 is 1.40 bits per heavy atom. The molecule has 2 heterocycles. The number of rotatable bonds is 4. The third kappa shape index (κ3) is 3.10. The fraction of sp³-hybridized carbons (Fsp3) is 0.600. The van der Waals surface area contributed by atoms with Gasteiger partial charge in [0.25, 0.3) is 0 Å². The minimum Gasteiger partial charge on any atom is -0.454 e. The third-order valence-corrected chi connectivity index (χ3v) is 4.62. The van der Waals surface area contributed by atoms with E-state index in [4.69, 9.17) is 9.47 Å². The van der Waals surface area contributed by atoms with Crippen molar-refractivity contribution in [2.45, 2.75) is 32.4 Å². The van der Waals surface area contributed by atoms with Gasteiger partial charge in [-0.1, -0.05) is 6.92 Å². The Hall–Kier alpha value is -0.780. The first-order valence-corrected chi connectivity index (χ1v) is 8.09. The van der Waals surface area contributed by atoms with Gasteiger partial charge in [-0.25, -0.2) is 0 Å². The summed E-state index contributed by atoms with van der Waals surface area (Å²) in [6, 6.07) is 4.77. The lowest BCUT2D eigenvalue weighted by Crippen LogP contribution is -2.45. The van der Waals surface area contributed by atoms with Gasteiger partial charge in [0.1, 0.15) is 0 Å². The topological polar surface area (TPSA) is 33.7 Å². The van der Waals surface area contributed by atoms with Gasteiger partial charge in [0.2, 0.25) is 6.79 Å². The number of benzene rings is 1. The van der Waals surface area contributed by atoms with Gasteiger partial charge in [0.05, 0.1) is 4.47 Å². The lowest BCUT2D eigenvalue weighted by Gasteiger charge is -2.32. The molecule has 0 saturated carbocycles. The standard InChI is InChI=1S/C15H21BrN2O2/c1-2-18-5-3-4-12(9-18)17-8-11-6-13(16)15-14(7-11)19-10-20-15/h6-7,12,17H,2-5,8-10H2,1H3. The molecule has 5 heteroatoms. The Bertz CT molecular complexity index is 481. The minimum atomic E-state index is 0.318. The lowest BCUT2D eigenvalue weighted by atomic mass is 10.1. The molecule has 1 N–H and O–H groups in total. The van der Waals surface area contributed by atoms with Crippen LogP contribution in [0.15, 0.2) is 16.6 Å². The smallest absolute Gasteiger partial charge is 0.231 e. The molecule has 0 amide bonds. The summed E-state index contributed by atoms with van der Waals surface area (Å²) in [5.74, 6) is 1.67. The Kier molecular flexibility index (Phi) is 4.48. The molecule has 4 nitrogen and oxygen atoms in total. The summed E-state index contributed by atoms with van der Waals surface area (Å²) >= 11 is 3.54. The maximum absolute atomic E-state index is 5.46. The first-order valence-electron chi connectivity index (χ1n) is 7.30. The van der Waals surface area contributed by atoms with Crippen molar-refractivity contribution in [3.8, 4) is 11.5 Å². The van der Waals surface area contributed by atoms with Crippen molar-refractivity contribution in [1.82, 2.24) is 10.2 Å². The summed E-state index contributed by atoms with van der Waals surface area (Å²) in [5.41, 5.74) is 1.23. The van der Waals surface area contributed by atoms with E-state index in [1.165, 1.54) is 24.9 Å². The summed E-state index contributed by atoms with van der Waals surface area (Å²) in [6.45, 7) is 6.97. The van der Waals surface area contributed by atoms with Crippen LogP contribution in [0.5, 0.6) is 11.5 Å². The molecular weight excluding hydrogens is 320 g/mol. The van der Waals surface area contributed by atoms with E-state index in [0.29, 0.717) is 12.8 Å². The molecule has 1 fully saturated rings. The maximum atomic E-state index is 5.46. The molecule has 0 aromatic heterocycles. The van der Waals surface area contributed by atoms with Crippen LogP contribution in [0.25, 0.3) is 0 Å². The Morgan fingerprint density at radius 3 is 3.15 bits per heavy atom. The number of fused-ring (bicyclic) bond motifs is 1. The summed E-state index contributed by atoms with van der Waals surface area (Å²) in [5, 5.41) is 3.66. The average Bonchev–Trinajstić information content (AvgIpc) is 2.94. The highest BCUT2D eigenvalue weighted by atomic mass is 79.9. The lowest BCUT2D eigenvalue weighted by molar-refractivity contribution is 0.173. The second-order valence-corrected chi connectivity index (χ2v) is 6.28. The van der Waals surface area contributed by atoms with Crippen LogP contribution < -0.4 is 14.8 Å². The summed E-state index contributed by atoms with van der Waals surface area (Å²) in [4.78, 5) is 2.51. The first kappa shape index (κ1) is 14.2. The number of hydrogen-bond donors (Lipinski definition) is 1. The molecule has 1 aromatic carbocycles. The number of piperidine rings is 1. The second-order valence-electron chi connectivity index (χ2n) is 5.42. The van der Waals surface area contributed by atoms with E-state index in [0.717, 1.165) is 35.6 Å². The monoisotopic (exact) mass is 340 g/mol. The van der Waals surface area contributed by atoms with Crippen LogP contribution in [-0.2, 0) is 6.54 Å². The molecule has 0 radical (unpaired) electrons. The van der Waals surface area contributed by atoms with Crippen molar-refractivity contribution in [2.75, 3.05) is 26.4 Å². The van der Waals surface area contributed by atoms with Crippen LogP contribution in [-0.4, -0.2) is 37.4 Å². The van der Waals surface area contributed by atoms with Crippen molar-refractivity contribution in [3.05, 3.63) is 22.2 Å². The van der Waals surface area contributed by atoms with Crippen LogP contribution in [0.4, 0.5) is 0 Å². The van der Waals surface area contributed by atoms with Gasteiger partial charge in [-0.2, -0.15) is 0 Å². The summed E-state index contributed by atoms with van der Waals surface area (Å²) in [7, 11) is 0. The second kappa shape index (κ2) is 6.33. The Morgan fingerprint density at radius 2 is 2.30 bits per heavy atom. The van der Waals surface area contributed by atoms with E-state index in [1.807, 2.05) is 0 Å². The Balaban J connectivity index is 1.60. The van der Waals surface area contributed by atoms with Gasteiger partial charge in [0.15, 0.2) is 11.5 Å². The molecule has 2 aliphatic rings. The average molecular weight is 341 g/mol. The van der Waals surface area contributed by atoms with E-state index in [9.17, 15) is 0 Å². The van der Waals surface area contributed by atoms with E-state index >= 15 is 0 Å². The van der Waals surface area contributed by atoms with Gasteiger partial charge >= 0.3 is 0 Å². The fourth-order valence-electron chi connectivity index (χ4n) is 2.89. The first-order chi connectivity index (χ1) is 9.76. The molecule has 3 rings (SSSR count). The van der Waals surface area contributed by atoms with Gasteiger partial charge in [-0.05, 0) is 59.6 Å². The molecule has 1 aromatic rings. The number of halogens is 1. The van der Waals surface area contributed by atoms with Crippen molar-refractivity contribution >= 4 is 15.9 Å². The normalized spacial score (nSPS) is 22.2. The highest BCUT2D eigenvalue weighted by molar-refractivity contribution is 9.10. The predicted octanol–water partition coefficient (Wildman–Crippen LogP) is 2.75. The van der Waals surface area contributed by atoms with Gasteiger partial charge in [0, 0.05) is 19.1 Å². The number of nitrogens with zero attached hydrogens (tertiary/aromatic N) is 1. The SMILES string of the molecule is CCN1CCCC(NCc2cc(Br)c3c(c2)OCO3)C1. The molecule has 0 bridgehead atoms. The quantitative estimate of drug-likeness (QED) is 0.913. The van der Waals surface area contributed by atoms with Gasteiger partial charge in [-0.15, -0.1) is 0 Å². The molecule has 20 heavy (non-hydrogen) atoms. The minimum absolute atomic E-state index is 0.318. The van der Waals surface area contributed by atoms with E-state index in [-0.39, 0.29) is 0 Å². The van der Waals surface area contributed by atoms with Crippen LogP contribution >= 0.6 is 15.9 Å². The number of likely N-dealkylation sites (tertiary alicyclic amines) is 1. The molecule has 1 unspecified atom stereocenters. The summed E-state index contributed by atoms with van der Waals surface area (Å²) < 4.78 is 11.8. The van der Waals surface area contributed by atoms with E-state index in [2.05, 4.69) is 45.2 Å². The van der Waals surface area contributed by atoms with Crippen LogP contribution in [0.2, 0.25) is 0 Å². The highest BCUT2D eigenvalue weighted by Gasteiger charge is 2.20. The van der Waals surface area contributed by atoms with Crippen LogP contribution in [0, 0.1) is 0 Å². The number of nitrogens with one attached hydrogen (secondary N) is 1. The molecular formula is C15H21BrN2O2. The molecule has 0 aliphatic carbocycles. The largest absolute Gasteiger partial charge is 0.454 e. The van der Waals surface area contributed by atoms with Crippen molar-refractivity contribution in [2.24, 2.45) is 0 Å². The molecule has 2 aliphatic heterocycles. The van der Waals surface area contributed by atoms with Crippen molar-refractivity contribution < 1.29 is 9.47 Å². The van der Waals surface area contributed by atoms with Crippen molar-refractivity contribution in [1.29, 1.82) is 0 Å². The third-order valence-electron chi connectivity index (χ3n) is 4.03. The number of hydrogen-bond acceptors (Lipinski definition) is 4. The molecule has 110 valence electrons. The zero-order valence-electron chi connectivity index (χ0n) is 11.8. The molecule has 1 saturated heterocycles. The van der Waals surface area contributed by atoms with Crippen LogP contribution in [0.1, 0.15) is 25.3 Å². The highest BCUT2D eigenvalue weighted by Crippen LogP contribution is 2.39.